The van der Waals surface area contributed by atoms with Crippen LogP contribution in [0.2, 0.25) is 0 Å². The lowest BCUT2D eigenvalue weighted by molar-refractivity contribution is -0.187. The summed E-state index contributed by atoms with van der Waals surface area (Å²) in [5.41, 5.74) is 0.384. The molecule has 0 amide bonds. The molecule has 2 rings (SSSR count). The van der Waals surface area contributed by atoms with Crippen molar-refractivity contribution in [3.8, 4) is 0 Å². The molecule has 3 nitrogen and oxygen atoms in total. The van der Waals surface area contributed by atoms with Crippen LogP contribution in [0.3, 0.4) is 0 Å². The van der Waals surface area contributed by atoms with Gasteiger partial charge in [0, 0.05) is 18.7 Å². The van der Waals surface area contributed by atoms with Crippen LogP contribution in [0, 0.1) is 11.7 Å². The lowest BCUT2D eigenvalue weighted by atomic mass is 9.97. The summed E-state index contributed by atoms with van der Waals surface area (Å²) in [4.78, 5) is 1.61. The number of rotatable bonds is 6. The molecule has 1 saturated heterocycles. The van der Waals surface area contributed by atoms with Crippen molar-refractivity contribution in [2.24, 2.45) is 5.92 Å². The molecule has 0 spiro atoms. The number of hydrogen-bond donors (Lipinski definition) is 1. The van der Waals surface area contributed by atoms with Crippen LogP contribution in [0.1, 0.15) is 18.4 Å². The third kappa shape index (κ3) is 5.75. The van der Waals surface area contributed by atoms with Crippen molar-refractivity contribution in [1.29, 1.82) is 0 Å². The van der Waals surface area contributed by atoms with Crippen LogP contribution in [-0.2, 0) is 11.3 Å². The number of piperidine rings is 1. The van der Waals surface area contributed by atoms with Crippen molar-refractivity contribution in [2.75, 3.05) is 26.2 Å². The third-order valence-corrected chi connectivity index (χ3v) is 3.96. The van der Waals surface area contributed by atoms with Crippen LogP contribution in [-0.4, -0.2) is 48.5 Å². The normalized spacial score (nSPS) is 21.3. The molecule has 2 atom stereocenters. The Morgan fingerprint density at radius 3 is 2.74 bits per heavy atom. The minimum Gasteiger partial charge on any atom is -0.389 e. The quantitative estimate of drug-likeness (QED) is 0.812. The van der Waals surface area contributed by atoms with Gasteiger partial charge in [0.2, 0.25) is 0 Å². The zero-order chi connectivity index (χ0) is 16.9. The number of ether oxygens (including phenoxy) is 1. The second-order valence-electron chi connectivity index (χ2n) is 5.90. The van der Waals surface area contributed by atoms with Gasteiger partial charge in [-0.25, -0.2) is 4.39 Å². The van der Waals surface area contributed by atoms with E-state index >= 15 is 0 Å². The minimum absolute atomic E-state index is 0.0227. The highest BCUT2D eigenvalue weighted by Crippen LogP contribution is 2.33. The highest BCUT2D eigenvalue weighted by Gasteiger charge is 2.41. The number of aliphatic hydroxyl groups is 1. The standard InChI is InChI=1S/C16H21F4NO2/c17-15-6-2-1-4-12(15)10-23-11-14(22)9-21-7-3-5-13(8-21)16(18,19)20/h1-2,4,6,13-14,22H,3,5,7-11H2/t13-,14-/m0/s1. The van der Waals surface area contributed by atoms with E-state index in [2.05, 4.69) is 0 Å². The first-order chi connectivity index (χ1) is 10.9. The molecule has 130 valence electrons. The number of β-amino-alcohol motifs (C(OH)–C–C–N with tert-alkyl or cyclic N) is 1. The van der Waals surface area contributed by atoms with Gasteiger partial charge < -0.3 is 14.7 Å². The zero-order valence-corrected chi connectivity index (χ0v) is 12.7. The number of aliphatic hydroxyl groups excluding tert-OH is 1. The molecule has 7 heteroatoms. The number of alkyl halides is 3. The molecular formula is C16H21F4NO2. The van der Waals surface area contributed by atoms with Gasteiger partial charge in [-0.2, -0.15) is 13.2 Å². The summed E-state index contributed by atoms with van der Waals surface area (Å²) in [6.07, 6.45) is -4.48. The van der Waals surface area contributed by atoms with Crippen molar-refractivity contribution >= 4 is 0 Å². The Balaban J connectivity index is 1.72. The summed E-state index contributed by atoms with van der Waals surface area (Å²) in [6.45, 7) is 0.561. The maximum Gasteiger partial charge on any atom is 0.393 e. The van der Waals surface area contributed by atoms with Crippen LogP contribution in [0.4, 0.5) is 17.6 Å². The van der Waals surface area contributed by atoms with Crippen LogP contribution in [0.15, 0.2) is 24.3 Å². The van der Waals surface area contributed by atoms with Gasteiger partial charge in [-0.3, -0.25) is 0 Å². The van der Waals surface area contributed by atoms with Gasteiger partial charge in [-0.1, -0.05) is 18.2 Å². The fourth-order valence-electron chi connectivity index (χ4n) is 2.76. The van der Waals surface area contributed by atoms with Crippen molar-refractivity contribution in [3.05, 3.63) is 35.6 Å². The van der Waals surface area contributed by atoms with Gasteiger partial charge in [-0.15, -0.1) is 0 Å². The van der Waals surface area contributed by atoms with E-state index in [-0.39, 0.29) is 38.5 Å². The van der Waals surface area contributed by atoms with Gasteiger partial charge in [0.25, 0.3) is 0 Å². The largest absolute Gasteiger partial charge is 0.393 e. The maximum atomic E-state index is 13.4. The first kappa shape index (κ1) is 18.2. The van der Waals surface area contributed by atoms with E-state index in [1.54, 1.807) is 23.1 Å². The molecule has 0 unspecified atom stereocenters. The first-order valence-corrected chi connectivity index (χ1v) is 7.64. The van der Waals surface area contributed by atoms with Gasteiger partial charge in [0.15, 0.2) is 0 Å². The molecule has 0 saturated carbocycles. The average molecular weight is 335 g/mol. The smallest absolute Gasteiger partial charge is 0.389 e. The monoisotopic (exact) mass is 335 g/mol. The number of benzene rings is 1. The fourth-order valence-corrected chi connectivity index (χ4v) is 2.76. The molecule has 23 heavy (non-hydrogen) atoms. The second kappa shape index (κ2) is 8.08. The van der Waals surface area contributed by atoms with E-state index < -0.39 is 18.2 Å². The zero-order valence-electron chi connectivity index (χ0n) is 12.7. The Bertz CT molecular complexity index is 495. The third-order valence-electron chi connectivity index (χ3n) is 3.96. The van der Waals surface area contributed by atoms with E-state index in [0.29, 0.717) is 18.5 Å². The molecular weight excluding hydrogens is 314 g/mol. The molecule has 0 radical (unpaired) electrons. The number of likely N-dealkylation sites (tertiary alicyclic amines) is 1. The van der Waals surface area contributed by atoms with Crippen molar-refractivity contribution in [2.45, 2.75) is 31.7 Å². The van der Waals surface area contributed by atoms with E-state index in [0.717, 1.165) is 0 Å². The minimum atomic E-state index is -4.19. The Kier molecular flexibility index (Phi) is 6.38. The van der Waals surface area contributed by atoms with Crippen LogP contribution in [0.25, 0.3) is 0 Å². The van der Waals surface area contributed by atoms with Crippen LogP contribution >= 0.6 is 0 Å². The molecule has 0 aromatic heterocycles. The molecule has 1 aliphatic rings. The number of hydrogen-bond acceptors (Lipinski definition) is 3. The second-order valence-corrected chi connectivity index (χ2v) is 5.90. The highest BCUT2D eigenvalue weighted by molar-refractivity contribution is 5.16. The summed E-state index contributed by atoms with van der Waals surface area (Å²) < 4.78 is 56.8. The average Bonchev–Trinajstić information content (AvgIpc) is 2.48. The summed E-state index contributed by atoms with van der Waals surface area (Å²) in [7, 11) is 0. The molecule has 0 aliphatic carbocycles. The summed E-state index contributed by atoms with van der Waals surface area (Å²) in [5, 5.41) is 9.90. The predicted molar refractivity (Wildman–Crippen MR) is 77.3 cm³/mol. The fraction of sp³-hybridized carbons (Fsp3) is 0.625. The van der Waals surface area contributed by atoms with Gasteiger partial charge in [-0.05, 0) is 25.5 Å². The SMILES string of the molecule is O[C@H](COCc1ccccc1F)CN1CCC[C@H](C(F)(F)F)C1. The van der Waals surface area contributed by atoms with Gasteiger partial charge in [0.05, 0.1) is 25.2 Å². The summed E-state index contributed by atoms with van der Waals surface area (Å²) >= 11 is 0. The highest BCUT2D eigenvalue weighted by atomic mass is 19.4. The van der Waals surface area contributed by atoms with E-state index in [4.69, 9.17) is 4.74 Å². The molecule has 1 aromatic carbocycles. The molecule has 1 aromatic rings. The Labute approximate surface area is 132 Å². The Hall–Kier alpha value is -1.18. The summed E-state index contributed by atoms with van der Waals surface area (Å²) in [5.74, 6) is -1.71. The van der Waals surface area contributed by atoms with E-state index in [9.17, 15) is 22.7 Å². The molecule has 1 aliphatic heterocycles. The van der Waals surface area contributed by atoms with Crippen molar-refractivity contribution in [3.63, 3.8) is 0 Å². The van der Waals surface area contributed by atoms with Crippen molar-refractivity contribution < 1.29 is 27.4 Å². The van der Waals surface area contributed by atoms with Crippen molar-refractivity contribution in [1.82, 2.24) is 4.90 Å². The van der Waals surface area contributed by atoms with Crippen LogP contribution < -0.4 is 0 Å². The van der Waals surface area contributed by atoms with Gasteiger partial charge in [0.1, 0.15) is 5.82 Å². The number of halogens is 4. The molecule has 1 fully saturated rings. The van der Waals surface area contributed by atoms with E-state index in [1.807, 2.05) is 0 Å². The Morgan fingerprint density at radius 1 is 1.30 bits per heavy atom. The summed E-state index contributed by atoms with van der Waals surface area (Å²) in [6, 6.07) is 6.16. The lowest BCUT2D eigenvalue weighted by Gasteiger charge is -2.34. The number of nitrogens with zero attached hydrogens (tertiary/aromatic N) is 1. The predicted octanol–water partition coefficient (Wildman–Crippen LogP) is 2.98. The van der Waals surface area contributed by atoms with E-state index in [1.165, 1.54) is 6.07 Å². The molecule has 1 N–H and O–H groups in total. The first-order valence-electron chi connectivity index (χ1n) is 7.64. The van der Waals surface area contributed by atoms with Crippen LogP contribution in [0.5, 0.6) is 0 Å². The molecule has 1 heterocycles. The topological polar surface area (TPSA) is 32.7 Å². The lowest BCUT2D eigenvalue weighted by Crippen LogP contribution is -2.45. The maximum absolute atomic E-state index is 13.4. The van der Waals surface area contributed by atoms with Gasteiger partial charge >= 0.3 is 6.18 Å². The molecule has 0 bridgehead atoms. The Morgan fingerprint density at radius 2 is 2.04 bits per heavy atom.